The number of aryl methyl sites for hydroxylation is 2. The van der Waals surface area contributed by atoms with Gasteiger partial charge in [0.25, 0.3) is 5.56 Å². The van der Waals surface area contributed by atoms with E-state index in [1.54, 1.807) is 4.57 Å². The van der Waals surface area contributed by atoms with Crippen LogP contribution in [0.5, 0.6) is 0 Å². The van der Waals surface area contributed by atoms with Crippen molar-refractivity contribution < 1.29 is 0 Å². The Hall–Kier alpha value is -3.11. The number of benzene rings is 2. The maximum Gasteiger partial charge on any atom is 0.260 e. The number of nitrogens with two attached hydrogens (primary N) is 1. The monoisotopic (exact) mass is 389 g/mol. The fourth-order valence-corrected chi connectivity index (χ4v) is 3.76. The Labute approximate surface area is 168 Å². The summed E-state index contributed by atoms with van der Waals surface area (Å²) in [5.74, 6) is 0. The van der Waals surface area contributed by atoms with Gasteiger partial charge in [-0.15, -0.1) is 0 Å². The maximum atomic E-state index is 13.5. The highest BCUT2D eigenvalue weighted by Gasteiger charge is 2.20. The van der Waals surface area contributed by atoms with Gasteiger partial charge in [0, 0.05) is 33.9 Å². The third-order valence-electron chi connectivity index (χ3n) is 4.88. The Morgan fingerprint density at radius 3 is 2.43 bits per heavy atom. The van der Waals surface area contributed by atoms with Gasteiger partial charge in [0.15, 0.2) is 0 Å². The predicted molar refractivity (Wildman–Crippen MR) is 117 cm³/mol. The highest BCUT2D eigenvalue weighted by molar-refractivity contribution is 6.31. The molecule has 0 amide bonds. The van der Waals surface area contributed by atoms with Gasteiger partial charge in [-0.25, -0.2) is 4.98 Å². The second-order valence-electron chi connectivity index (χ2n) is 6.76. The van der Waals surface area contributed by atoms with Crippen LogP contribution in [-0.2, 0) is 6.54 Å². The summed E-state index contributed by atoms with van der Waals surface area (Å²) in [4.78, 5) is 18.2. The normalized spacial score (nSPS) is 11.1. The molecule has 2 aromatic carbocycles. The zero-order valence-corrected chi connectivity index (χ0v) is 16.5. The quantitative estimate of drug-likeness (QED) is 0.484. The third-order valence-corrected chi connectivity index (χ3v) is 5.11. The van der Waals surface area contributed by atoms with Crippen LogP contribution in [0.1, 0.15) is 12.6 Å². The summed E-state index contributed by atoms with van der Waals surface area (Å²) >= 11 is 6.27. The number of halogens is 1. The number of anilines is 1. The zero-order valence-electron chi connectivity index (χ0n) is 15.7. The minimum absolute atomic E-state index is 0.0761. The highest BCUT2D eigenvalue weighted by Crippen LogP contribution is 2.36. The molecule has 0 aliphatic rings. The summed E-state index contributed by atoms with van der Waals surface area (Å²) < 4.78 is 1.72. The first-order chi connectivity index (χ1) is 13.5. The minimum atomic E-state index is -0.0761. The maximum absolute atomic E-state index is 13.5. The van der Waals surface area contributed by atoms with Gasteiger partial charge in [0.1, 0.15) is 5.65 Å². The van der Waals surface area contributed by atoms with Gasteiger partial charge in [-0.2, -0.15) is 0 Å². The predicted octanol–water partition coefficient (Wildman–Crippen LogP) is 5.29. The van der Waals surface area contributed by atoms with E-state index in [9.17, 15) is 4.79 Å². The molecule has 2 heterocycles. The van der Waals surface area contributed by atoms with Gasteiger partial charge < -0.3 is 5.73 Å². The summed E-state index contributed by atoms with van der Waals surface area (Å²) in [6, 6.07) is 18.9. The fraction of sp³-hybridized carbons (Fsp3) is 0.130. The molecule has 2 aromatic heterocycles. The molecule has 4 rings (SSSR count). The number of nitrogens with zero attached hydrogens (tertiary/aromatic N) is 2. The standard InChI is InChI=1S/C23H20ClN3O/c1-3-27-22-19(12-7-14(2)26-22)20(16-5-4-6-17(24)13-16)21(23(27)28)15-8-10-18(25)11-9-15/h4-13H,3,25H2,1-2H3. The average Bonchev–Trinajstić information content (AvgIpc) is 2.68. The van der Waals surface area contributed by atoms with Crippen molar-refractivity contribution in [1.29, 1.82) is 0 Å². The van der Waals surface area contributed by atoms with E-state index in [1.807, 2.05) is 74.5 Å². The van der Waals surface area contributed by atoms with Crippen LogP contribution < -0.4 is 11.3 Å². The molecular formula is C23H20ClN3O. The van der Waals surface area contributed by atoms with Crippen LogP contribution in [0.3, 0.4) is 0 Å². The van der Waals surface area contributed by atoms with Gasteiger partial charge in [-0.05, 0) is 61.4 Å². The van der Waals surface area contributed by atoms with E-state index in [2.05, 4.69) is 4.98 Å². The topological polar surface area (TPSA) is 60.9 Å². The number of hydrogen-bond acceptors (Lipinski definition) is 3. The summed E-state index contributed by atoms with van der Waals surface area (Å²) in [6.45, 7) is 4.41. The van der Waals surface area contributed by atoms with Crippen molar-refractivity contribution in [1.82, 2.24) is 9.55 Å². The molecule has 140 valence electrons. The van der Waals surface area contributed by atoms with Crippen LogP contribution in [0, 0.1) is 6.92 Å². The lowest BCUT2D eigenvalue weighted by atomic mass is 9.92. The Kier molecular flexibility index (Phi) is 4.65. The molecule has 0 unspecified atom stereocenters. The van der Waals surface area contributed by atoms with Gasteiger partial charge in [-0.3, -0.25) is 9.36 Å². The summed E-state index contributed by atoms with van der Waals surface area (Å²) in [5.41, 5.74) is 11.2. The lowest BCUT2D eigenvalue weighted by molar-refractivity contribution is 0.750. The number of aromatic nitrogens is 2. The molecule has 0 saturated carbocycles. The molecule has 0 spiro atoms. The molecule has 0 radical (unpaired) electrons. The number of pyridine rings is 2. The number of rotatable bonds is 3. The van der Waals surface area contributed by atoms with E-state index in [-0.39, 0.29) is 5.56 Å². The fourth-order valence-electron chi connectivity index (χ4n) is 3.57. The molecule has 0 fully saturated rings. The smallest absolute Gasteiger partial charge is 0.260 e. The first kappa shape index (κ1) is 18.3. The first-order valence-electron chi connectivity index (χ1n) is 9.15. The van der Waals surface area contributed by atoms with Crippen molar-refractivity contribution >= 4 is 28.3 Å². The van der Waals surface area contributed by atoms with Crippen molar-refractivity contribution in [2.24, 2.45) is 0 Å². The number of nitrogen functional groups attached to an aromatic ring is 1. The Morgan fingerprint density at radius 1 is 1.00 bits per heavy atom. The van der Waals surface area contributed by atoms with Crippen LogP contribution in [-0.4, -0.2) is 9.55 Å². The third kappa shape index (κ3) is 3.06. The largest absolute Gasteiger partial charge is 0.399 e. The molecule has 0 atom stereocenters. The van der Waals surface area contributed by atoms with Crippen molar-refractivity contribution in [3.63, 3.8) is 0 Å². The molecule has 5 heteroatoms. The van der Waals surface area contributed by atoms with E-state index >= 15 is 0 Å². The molecule has 2 N–H and O–H groups in total. The van der Waals surface area contributed by atoms with Crippen LogP contribution in [0.15, 0.2) is 65.5 Å². The molecule has 28 heavy (non-hydrogen) atoms. The van der Waals surface area contributed by atoms with Crippen molar-refractivity contribution in [2.75, 3.05) is 5.73 Å². The van der Waals surface area contributed by atoms with Crippen molar-refractivity contribution in [2.45, 2.75) is 20.4 Å². The summed E-state index contributed by atoms with van der Waals surface area (Å²) in [5, 5.41) is 1.54. The van der Waals surface area contributed by atoms with Gasteiger partial charge in [0.2, 0.25) is 0 Å². The molecule has 4 aromatic rings. The zero-order chi connectivity index (χ0) is 19.8. The van der Waals surface area contributed by atoms with E-state index in [1.165, 1.54) is 0 Å². The van der Waals surface area contributed by atoms with Gasteiger partial charge >= 0.3 is 0 Å². The van der Waals surface area contributed by atoms with E-state index in [0.29, 0.717) is 28.5 Å². The molecular weight excluding hydrogens is 370 g/mol. The van der Waals surface area contributed by atoms with Gasteiger partial charge in [0.05, 0.1) is 5.56 Å². The second-order valence-corrected chi connectivity index (χ2v) is 7.19. The molecule has 0 saturated heterocycles. The van der Waals surface area contributed by atoms with Crippen LogP contribution in [0.4, 0.5) is 5.69 Å². The Balaban J connectivity index is 2.22. The molecule has 0 aliphatic heterocycles. The minimum Gasteiger partial charge on any atom is -0.399 e. The molecule has 0 bridgehead atoms. The lowest BCUT2D eigenvalue weighted by Crippen LogP contribution is -2.23. The lowest BCUT2D eigenvalue weighted by Gasteiger charge is -2.18. The molecule has 0 aliphatic carbocycles. The van der Waals surface area contributed by atoms with Gasteiger partial charge in [-0.1, -0.05) is 35.9 Å². The van der Waals surface area contributed by atoms with Crippen molar-refractivity contribution in [3.8, 4) is 22.3 Å². The SMILES string of the molecule is CCn1c(=O)c(-c2ccc(N)cc2)c(-c2cccc(Cl)c2)c2ccc(C)nc21. The second kappa shape index (κ2) is 7.13. The summed E-state index contributed by atoms with van der Waals surface area (Å²) in [7, 11) is 0. The molecule has 4 nitrogen and oxygen atoms in total. The van der Waals surface area contributed by atoms with Crippen LogP contribution in [0.25, 0.3) is 33.3 Å². The van der Waals surface area contributed by atoms with E-state index in [4.69, 9.17) is 17.3 Å². The number of fused-ring (bicyclic) bond motifs is 1. The average molecular weight is 390 g/mol. The van der Waals surface area contributed by atoms with Crippen LogP contribution >= 0.6 is 11.6 Å². The number of hydrogen-bond donors (Lipinski definition) is 1. The summed E-state index contributed by atoms with van der Waals surface area (Å²) in [6.07, 6.45) is 0. The Bertz CT molecular complexity index is 1240. The highest BCUT2D eigenvalue weighted by atomic mass is 35.5. The van der Waals surface area contributed by atoms with Crippen LogP contribution in [0.2, 0.25) is 5.02 Å². The van der Waals surface area contributed by atoms with Crippen molar-refractivity contribution in [3.05, 3.63) is 81.7 Å². The van der Waals surface area contributed by atoms with E-state index < -0.39 is 0 Å². The first-order valence-corrected chi connectivity index (χ1v) is 9.53. The Morgan fingerprint density at radius 2 is 1.75 bits per heavy atom. The van der Waals surface area contributed by atoms with E-state index in [0.717, 1.165) is 27.8 Å².